The van der Waals surface area contributed by atoms with Crippen molar-refractivity contribution in [3.63, 3.8) is 0 Å². The van der Waals surface area contributed by atoms with Crippen LogP contribution >= 0.6 is 23.5 Å². The molecule has 2 rings (SSSR count). The average molecular weight is 256 g/mol. The molecule has 0 aliphatic carbocycles. The summed E-state index contributed by atoms with van der Waals surface area (Å²) >= 11 is 4.16. The van der Waals surface area contributed by atoms with E-state index >= 15 is 0 Å². The fourth-order valence-electron chi connectivity index (χ4n) is 2.50. The van der Waals surface area contributed by atoms with Gasteiger partial charge in [-0.2, -0.15) is 28.8 Å². The molecule has 2 heterocycles. The van der Waals surface area contributed by atoms with E-state index in [0.717, 1.165) is 13.0 Å². The summed E-state index contributed by atoms with van der Waals surface area (Å²) in [6.07, 6.45) is 2.27. The molecule has 0 bridgehead atoms. The summed E-state index contributed by atoms with van der Waals surface area (Å²) in [6.45, 7) is 4.30. The third-order valence-corrected chi connectivity index (χ3v) is 5.99. The van der Waals surface area contributed by atoms with E-state index in [4.69, 9.17) is 0 Å². The molecule has 0 N–H and O–H groups in total. The lowest BCUT2D eigenvalue weighted by atomic mass is 9.83. The number of hydrogen-bond acceptors (Lipinski definition) is 4. The van der Waals surface area contributed by atoms with Crippen LogP contribution in [0.15, 0.2) is 0 Å². The molecular weight excluding hydrogens is 236 g/mol. The highest BCUT2D eigenvalue weighted by atomic mass is 32.2. The third kappa shape index (κ3) is 3.09. The standard InChI is InChI=1S/C12H20N2S2/c1-12(9-13)3-2-4-14(10-12)11-7-15-5-6-16-8-11/h11H,2-8,10H2,1H3. The lowest BCUT2D eigenvalue weighted by molar-refractivity contribution is 0.117. The van der Waals surface area contributed by atoms with E-state index in [2.05, 4.69) is 41.4 Å². The predicted octanol–water partition coefficient (Wildman–Crippen LogP) is 2.46. The maximum absolute atomic E-state index is 9.23. The first-order chi connectivity index (χ1) is 7.73. The average Bonchev–Trinajstić information content (AvgIpc) is 2.58. The van der Waals surface area contributed by atoms with Crippen molar-refractivity contribution >= 4 is 23.5 Å². The zero-order valence-electron chi connectivity index (χ0n) is 9.95. The molecule has 2 saturated heterocycles. The smallest absolute Gasteiger partial charge is 0.0700 e. The van der Waals surface area contributed by atoms with E-state index in [9.17, 15) is 5.26 Å². The molecule has 0 amide bonds. The molecule has 0 aromatic heterocycles. The van der Waals surface area contributed by atoms with Crippen LogP contribution in [0.2, 0.25) is 0 Å². The van der Waals surface area contributed by atoms with Crippen molar-refractivity contribution in [3.05, 3.63) is 0 Å². The summed E-state index contributed by atoms with van der Waals surface area (Å²) in [4.78, 5) is 2.57. The van der Waals surface area contributed by atoms with Crippen LogP contribution in [0.5, 0.6) is 0 Å². The van der Waals surface area contributed by atoms with Gasteiger partial charge in [0.25, 0.3) is 0 Å². The van der Waals surface area contributed by atoms with Crippen LogP contribution in [0.4, 0.5) is 0 Å². The second-order valence-corrected chi connectivity index (χ2v) is 7.35. The molecule has 90 valence electrons. The van der Waals surface area contributed by atoms with Gasteiger partial charge in [-0.05, 0) is 26.3 Å². The first-order valence-electron chi connectivity index (χ1n) is 6.04. The van der Waals surface area contributed by atoms with Crippen LogP contribution in [0.3, 0.4) is 0 Å². The van der Waals surface area contributed by atoms with Crippen molar-refractivity contribution < 1.29 is 0 Å². The Morgan fingerprint density at radius 1 is 1.31 bits per heavy atom. The number of thioether (sulfide) groups is 2. The minimum atomic E-state index is -0.0973. The van der Waals surface area contributed by atoms with E-state index in [1.54, 1.807) is 0 Å². The van der Waals surface area contributed by atoms with Crippen molar-refractivity contribution in [2.45, 2.75) is 25.8 Å². The highest BCUT2D eigenvalue weighted by Gasteiger charge is 2.34. The van der Waals surface area contributed by atoms with E-state index in [0.29, 0.717) is 6.04 Å². The first kappa shape index (κ1) is 12.6. The second kappa shape index (κ2) is 5.66. The molecule has 2 aliphatic rings. The van der Waals surface area contributed by atoms with Crippen LogP contribution in [-0.4, -0.2) is 47.0 Å². The Morgan fingerprint density at radius 2 is 2.00 bits per heavy atom. The number of likely N-dealkylation sites (tertiary alicyclic amines) is 1. The molecule has 0 aromatic rings. The van der Waals surface area contributed by atoms with Crippen LogP contribution < -0.4 is 0 Å². The monoisotopic (exact) mass is 256 g/mol. The number of nitriles is 1. The fraction of sp³-hybridized carbons (Fsp3) is 0.917. The van der Waals surface area contributed by atoms with Crippen LogP contribution in [0.25, 0.3) is 0 Å². The SMILES string of the molecule is CC1(C#N)CCCN(C2CSCCSC2)C1. The van der Waals surface area contributed by atoms with Gasteiger partial charge in [-0.15, -0.1) is 0 Å². The molecule has 16 heavy (non-hydrogen) atoms. The Balaban J connectivity index is 1.95. The maximum Gasteiger partial charge on any atom is 0.0700 e. The topological polar surface area (TPSA) is 27.0 Å². The molecule has 0 saturated carbocycles. The Labute approximate surface area is 107 Å². The van der Waals surface area contributed by atoms with Gasteiger partial charge in [0.1, 0.15) is 0 Å². The van der Waals surface area contributed by atoms with Gasteiger partial charge in [0.2, 0.25) is 0 Å². The van der Waals surface area contributed by atoms with Gasteiger partial charge < -0.3 is 0 Å². The van der Waals surface area contributed by atoms with E-state index in [1.165, 1.54) is 36.0 Å². The molecule has 0 radical (unpaired) electrons. The maximum atomic E-state index is 9.23. The number of nitrogens with zero attached hydrogens (tertiary/aromatic N) is 2. The molecule has 1 atom stereocenters. The highest BCUT2D eigenvalue weighted by molar-refractivity contribution is 8.03. The quantitative estimate of drug-likeness (QED) is 0.720. The molecule has 2 fully saturated rings. The summed E-state index contributed by atoms with van der Waals surface area (Å²) in [5.41, 5.74) is -0.0973. The molecule has 2 aliphatic heterocycles. The Hall–Kier alpha value is 0.150. The first-order valence-corrected chi connectivity index (χ1v) is 8.35. The summed E-state index contributed by atoms with van der Waals surface area (Å²) < 4.78 is 0. The molecule has 2 nitrogen and oxygen atoms in total. The van der Waals surface area contributed by atoms with Gasteiger partial charge in [-0.3, -0.25) is 4.90 Å². The van der Waals surface area contributed by atoms with Gasteiger partial charge in [0, 0.05) is 35.6 Å². The van der Waals surface area contributed by atoms with Crippen molar-refractivity contribution in [1.82, 2.24) is 4.90 Å². The zero-order chi connectivity index (χ0) is 11.4. The van der Waals surface area contributed by atoms with Gasteiger partial charge >= 0.3 is 0 Å². The number of hydrogen-bond donors (Lipinski definition) is 0. The van der Waals surface area contributed by atoms with E-state index < -0.39 is 0 Å². The summed E-state index contributed by atoms with van der Waals surface area (Å²) in [6, 6.07) is 3.21. The summed E-state index contributed by atoms with van der Waals surface area (Å²) in [5.74, 6) is 5.11. The highest BCUT2D eigenvalue weighted by Crippen LogP contribution is 2.31. The Morgan fingerprint density at radius 3 is 2.62 bits per heavy atom. The number of rotatable bonds is 1. The van der Waals surface area contributed by atoms with Gasteiger partial charge in [0.05, 0.1) is 11.5 Å². The van der Waals surface area contributed by atoms with Gasteiger partial charge in [-0.25, -0.2) is 0 Å². The van der Waals surface area contributed by atoms with Crippen LogP contribution in [-0.2, 0) is 0 Å². The minimum absolute atomic E-state index is 0.0973. The van der Waals surface area contributed by atoms with E-state index in [1.807, 2.05) is 0 Å². The van der Waals surface area contributed by atoms with E-state index in [-0.39, 0.29) is 5.41 Å². The lowest BCUT2D eigenvalue weighted by Gasteiger charge is -2.40. The minimum Gasteiger partial charge on any atom is -0.297 e. The second-order valence-electron chi connectivity index (χ2n) is 5.05. The largest absolute Gasteiger partial charge is 0.297 e. The Bertz CT molecular complexity index is 269. The summed E-state index contributed by atoms with van der Waals surface area (Å²) in [7, 11) is 0. The fourth-order valence-corrected chi connectivity index (χ4v) is 5.12. The molecule has 1 unspecified atom stereocenters. The molecule has 0 spiro atoms. The van der Waals surface area contributed by atoms with Crippen LogP contribution in [0, 0.1) is 16.7 Å². The lowest BCUT2D eigenvalue weighted by Crippen LogP contribution is -2.48. The number of piperidine rings is 1. The van der Waals surface area contributed by atoms with Crippen molar-refractivity contribution in [3.8, 4) is 6.07 Å². The third-order valence-electron chi connectivity index (χ3n) is 3.50. The van der Waals surface area contributed by atoms with Crippen LogP contribution in [0.1, 0.15) is 19.8 Å². The molecular formula is C12H20N2S2. The van der Waals surface area contributed by atoms with Gasteiger partial charge in [-0.1, -0.05) is 0 Å². The molecule has 4 heteroatoms. The van der Waals surface area contributed by atoms with Crippen molar-refractivity contribution in [2.24, 2.45) is 5.41 Å². The van der Waals surface area contributed by atoms with Crippen molar-refractivity contribution in [2.75, 3.05) is 36.1 Å². The normalized spacial score (nSPS) is 34.2. The van der Waals surface area contributed by atoms with Crippen molar-refractivity contribution in [1.29, 1.82) is 5.26 Å². The zero-order valence-corrected chi connectivity index (χ0v) is 11.6. The predicted molar refractivity (Wildman–Crippen MR) is 73.0 cm³/mol. The molecule has 0 aromatic carbocycles. The Kier molecular flexibility index (Phi) is 4.46. The van der Waals surface area contributed by atoms with Gasteiger partial charge in [0.15, 0.2) is 0 Å². The summed E-state index contributed by atoms with van der Waals surface area (Å²) in [5, 5.41) is 9.23.